The Morgan fingerprint density at radius 1 is 1.35 bits per heavy atom. The van der Waals surface area contributed by atoms with Crippen molar-refractivity contribution in [2.45, 2.75) is 58.0 Å². The molecular formula is C15H24N2. The molecule has 0 aromatic heterocycles. The van der Waals surface area contributed by atoms with E-state index in [0.29, 0.717) is 12.1 Å². The second-order valence-corrected chi connectivity index (χ2v) is 5.08. The van der Waals surface area contributed by atoms with Gasteiger partial charge in [-0.2, -0.15) is 0 Å². The Morgan fingerprint density at radius 3 is 2.82 bits per heavy atom. The third-order valence-corrected chi connectivity index (χ3v) is 3.90. The number of hydrogen-bond donors (Lipinski definition) is 2. The van der Waals surface area contributed by atoms with Crippen LogP contribution in [0.2, 0.25) is 0 Å². The monoisotopic (exact) mass is 232 g/mol. The minimum Gasteiger partial charge on any atom is -0.399 e. The molecule has 0 radical (unpaired) electrons. The largest absolute Gasteiger partial charge is 0.399 e. The van der Waals surface area contributed by atoms with E-state index in [4.69, 9.17) is 5.73 Å². The Kier molecular flexibility index (Phi) is 4.06. The molecule has 3 N–H and O–H groups in total. The lowest BCUT2D eigenvalue weighted by Crippen LogP contribution is -2.33. The molecule has 0 fully saturated rings. The number of anilines is 1. The van der Waals surface area contributed by atoms with Gasteiger partial charge < -0.3 is 11.1 Å². The first-order chi connectivity index (χ1) is 8.24. The normalized spacial score (nSPS) is 19.4. The zero-order chi connectivity index (χ0) is 12.3. The number of nitrogen functional groups attached to an aromatic ring is 1. The molecule has 1 aliphatic rings. The van der Waals surface area contributed by atoms with Crippen LogP contribution in [0.3, 0.4) is 0 Å². The summed E-state index contributed by atoms with van der Waals surface area (Å²) >= 11 is 0. The Labute approximate surface area is 105 Å². The molecule has 1 aromatic carbocycles. The van der Waals surface area contributed by atoms with Gasteiger partial charge in [0.15, 0.2) is 0 Å². The summed E-state index contributed by atoms with van der Waals surface area (Å²) in [6.07, 6.45) is 6.12. The summed E-state index contributed by atoms with van der Waals surface area (Å²) in [5.41, 5.74) is 9.67. The second-order valence-electron chi connectivity index (χ2n) is 5.08. The Morgan fingerprint density at radius 2 is 2.12 bits per heavy atom. The van der Waals surface area contributed by atoms with Gasteiger partial charge in [-0.05, 0) is 55.4 Å². The van der Waals surface area contributed by atoms with Crippen molar-refractivity contribution in [1.29, 1.82) is 0 Å². The van der Waals surface area contributed by atoms with Crippen molar-refractivity contribution >= 4 is 5.69 Å². The number of benzene rings is 1. The number of fused-ring (bicyclic) bond motifs is 1. The molecule has 1 aliphatic carbocycles. The first-order valence-corrected chi connectivity index (χ1v) is 6.89. The highest BCUT2D eigenvalue weighted by atomic mass is 14.9. The Bertz CT molecular complexity index is 369. The van der Waals surface area contributed by atoms with Gasteiger partial charge >= 0.3 is 0 Å². The number of nitrogens with one attached hydrogen (secondary N) is 1. The molecule has 0 saturated carbocycles. The molecule has 0 aliphatic heterocycles. The van der Waals surface area contributed by atoms with E-state index in [1.165, 1.54) is 43.2 Å². The van der Waals surface area contributed by atoms with E-state index < -0.39 is 0 Å². The summed E-state index contributed by atoms with van der Waals surface area (Å²) in [5, 5.41) is 3.79. The van der Waals surface area contributed by atoms with Gasteiger partial charge in [0.05, 0.1) is 0 Å². The van der Waals surface area contributed by atoms with Crippen LogP contribution in [-0.4, -0.2) is 6.04 Å². The average Bonchev–Trinajstić information content (AvgIpc) is 2.35. The van der Waals surface area contributed by atoms with Crippen LogP contribution in [0.4, 0.5) is 5.69 Å². The first-order valence-electron chi connectivity index (χ1n) is 6.89. The summed E-state index contributed by atoms with van der Waals surface area (Å²) in [6.45, 7) is 4.52. The van der Waals surface area contributed by atoms with Crippen LogP contribution in [0.15, 0.2) is 18.2 Å². The van der Waals surface area contributed by atoms with Crippen molar-refractivity contribution in [2.75, 3.05) is 5.73 Å². The lowest BCUT2D eigenvalue weighted by atomic mass is 9.86. The van der Waals surface area contributed by atoms with Crippen LogP contribution in [0.1, 0.15) is 56.7 Å². The van der Waals surface area contributed by atoms with Crippen molar-refractivity contribution in [3.8, 4) is 0 Å². The van der Waals surface area contributed by atoms with E-state index in [1.807, 2.05) is 6.07 Å². The summed E-state index contributed by atoms with van der Waals surface area (Å²) in [5.74, 6) is 0. The van der Waals surface area contributed by atoms with Crippen molar-refractivity contribution in [3.05, 3.63) is 29.3 Å². The molecular weight excluding hydrogens is 208 g/mol. The summed E-state index contributed by atoms with van der Waals surface area (Å²) in [6, 6.07) is 7.57. The molecule has 2 heteroatoms. The van der Waals surface area contributed by atoms with Gasteiger partial charge in [-0.25, -0.2) is 0 Å². The number of hydrogen-bond acceptors (Lipinski definition) is 2. The third-order valence-electron chi connectivity index (χ3n) is 3.90. The highest BCUT2D eigenvalue weighted by molar-refractivity contribution is 5.46. The predicted octanol–water partition coefficient (Wildman–Crippen LogP) is 3.42. The fraction of sp³-hybridized carbons (Fsp3) is 0.600. The second kappa shape index (κ2) is 5.54. The minimum absolute atomic E-state index is 0.532. The fourth-order valence-corrected chi connectivity index (χ4v) is 2.82. The zero-order valence-corrected chi connectivity index (χ0v) is 11.0. The fourth-order valence-electron chi connectivity index (χ4n) is 2.82. The number of rotatable bonds is 4. The van der Waals surface area contributed by atoms with Crippen LogP contribution < -0.4 is 11.1 Å². The summed E-state index contributed by atoms with van der Waals surface area (Å²) in [7, 11) is 0. The molecule has 0 saturated heterocycles. The molecule has 0 spiro atoms. The SMILES string of the molecule is CCC(CC)NC1CCCc2cc(N)ccc21. The van der Waals surface area contributed by atoms with E-state index in [1.54, 1.807) is 0 Å². The minimum atomic E-state index is 0.532. The van der Waals surface area contributed by atoms with Crippen molar-refractivity contribution in [3.63, 3.8) is 0 Å². The van der Waals surface area contributed by atoms with Crippen LogP contribution in [0.25, 0.3) is 0 Å². The smallest absolute Gasteiger partial charge is 0.0325 e. The summed E-state index contributed by atoms with van der Waals surface area (Å²) < 4.78 is 0. The Balaban J connectivity index is 2.16. The molecule has 1 unspecified atom stereocenters. The lowest BCUT2D eigenvalue weighted by molar-refractivity contribution is 0.379. The zero-order valence-electron chi connectivity index (χ0n) is 11.0. The molecule has 17 heavy (non-hydrogen) atoms. The van der Waals surface area contributed by atoms with Crippen LogP contribution in [0.5, 0.6) is 0 Å². The average molecular weight is 232 g/mol. The maximum atomic E-state index is 5.86. The molecule has 1 atom stereocenters. The Hall–Kier alpha value is -1.02. The predicted molar refractivity (Wildman–Crippen MR) is 74.0 cm³/mol. The maximum absolute atomic E-state index is 5.86. The van der Waals surface area contributed by atoms with Crippen molar-refractivity contribution < 1.29 is 0 Å². The van der Waals surface area contributed by atoms with Crippen LogP contribution in [0, 0.1) is 0 Å². The molecule has 1 aromatic rings. The highest BCUT2D eigenvalue weighted by Gasteiger charge is 2.21. The molecule has 2 rings (SSSR count). The van der Waals surface area contributed by atoms with Crippen LogP contribution >= 0.6 is 0 Å². The maximum Gasteiger partial charge on any atom is 0.0325 e. The van der Waals surface area contributed by atoms with Gasteiger partial charge in [-0.1, -0.05) is 19.9 Å². The van der Waals surface area contributed by atoms with Gasteiger partial charge in [0.1, 0.15) is 0 Å². The standard InChI is InChI=1S/C15H24N2/c1-3-13(4-2)17-15-7-5-6-11-10-12(16)8-9-14(11)15/h8-10,13,15,17H,3-7,16H2,1-2H3. The van der Waals surface area contributed by atoms with E-state index in [9.17, 15) is 0 Å². The topological polar surface area (TPSA) is 38.0 Å². The van der Waals surface area contributed by atoms with Gasteiger partial charge in [-0.15, -0.1) is 0 Å². The van der Waals surface area contributed by atoms with Crippen molar-refractivity contribution in [1.82, 2.24) is 5.32 Å². The first kappa shape index (κ1) is 12.4. The number of nitrogens with two attached hydrogens (primary N) is 1. The van der Waals surface area contributed by atoms with E-state index >= 15 is 0 Å². The lowest BCUT2D eigenvalue weighted by Gasteiger charge is -2.30. The molecule has 0 heterocycles. The summed E-state index contributed by atoms with van der Waals surface area (Å²) in [4.78, 5) is 0. The van der Waals surface area contributed by atoms with E-state index in [0.717, 1.165) is 5.69 Å². The van der Waals surface area contributed by atoms with Crippen LogP contribution in [-0.2, 0) is 6.42 Å². The highest BCUT2D eigenvalue weighted by Crippen LogP contribution is 2.31. The van der Waals surface area contributed by atoms with Gasteiger partial charge in [0.2, 0.25) is 0 Å². The van der Waals surface area contributed by atoms with Gasteiger partial charge in [0, 0.05) is 17.8 Å². The van der Waals surface area contributed by atoms with E-state index in [2.05, 4.69) is 31.3 Å². The van der Waals surface area contributed by atoms with Gasteiger partial charge in [-0.3, -0.25) is 0 Å². The molecule has 0 bridgehead atoms. The van der Waals surface area contributed by atoms with Crippen molar-refractivity contribution in [2.24, 2.45) is 0 Å². The number of aryl methyl sites for hydroxylation is 1. The quantitative estimate of drug-likeness (QED) is 0.781. The molecule has 2 nitrogen and oxygen atoms in total. The molecule has 0 amide bonds. The van der Waals surface area contributed by atoms with Gasteiger partial charge in [0.25, 0.3) is 0 Å². The third kappa shape index (κ3) is 2.81. The molecule has 94 valence electrons. The van der Waals surface area contributed by atoms with E-state index in [-0.39, 0.29) is 0 Å².